The van der Waals surface area contributed by atoms with Crippen LogP contribution in [0.25, 0.3) is 0 Å². The van der Waals surface area contributed by atoms with Crippen LogP contribution in [-0.2, 0) is 11.3 Å². The van der Waals surface area contributed by atoms with Crippen molar-refractivity contribution in [1.82, 2.24) is 5.32 Å². The SMILES string of the molecule is CCCNCc1ccc(OCCOC(C)C)c(OCC)c1. The van der Waals surface area contributed by atoms with E-state index in [4.69, 9.17) is 14.2 Å². The van der Waals surface area contributed by atoms with Gasteiger partial charge in [0.2, 0.25) is 0 Å². The predicted octanol–water partition coefficient (Wildman–Crippen LogP) is 3.39. The molecule has 0 aliphatic rings. The van der Waals surface area contributed by atoms with Crippen LogP contribution in [0.2, 0.25) is 0 Å². The summed E-state index contributed by atoms with van der Waals surface area (Å²) in [5, 5.41) is 3.39. The van der Waals surface area contributed by atoms with Gasteiger partial charge in [0.05, 0.1) is 19.3 Å². The Bertz CT molecular complexity index is 394. The quantitative estimate of drug-likeness (QED) is 0.635. The van der Waals surface area contributed by atoms with Crippen molar-refractivity contribution in [2.24, 2.45) is 0 Å². The van der Waals surface area contributed by atoms with Crippen molar-refractivity contribution in [3.05, 3.63) is 23.8 Å². The standard InChI is InChI=1S/C17H29NO3/c1-5-9-18-13-15-7-8-16(17(12-15)19-6-2)21-11-10-20-14(3)4/h7-8,12,14,18H,5-6,9-11,13H2,1-4H3. The van der Waals surface area contributed by atoms with Gasteiger partial charge in [0.25, 0.3) is 0 Å². The zero-order valence-electron chi connectivity index (χ0n) is 13.8. The van der Waals surface area contributed by atoms with Crippen LogP contribution in [0.1, 0.15) is 39.7 Å². The maximum absolute atomic E-state index is 5.75. The van der Waals surface area contributed by atoms with Crippen molar-refractivity contribution in [3.8, 4) is 11.5 Å². The minimum Gasteiger partial charge on any atom is -0.490 e. The number of ether oxygens (including phenoxy) is 3. The van der Waals surface area contributed by atoms with Gasteiger partial charge in [0.1, 0.15) is 6.61 Å². The van der Waals surface area contributed by atoms with Gasteiger partial charge < -0.3 is 19.5 Å². The van der Waals surface area contributed by atoms with Crippen molar-refractivity contribution in [2.75, 3.05) is 26.4 Å². The van der Waals surface area contributed by atoms with Crippen LogP contribution < -0.4 is 14.8 Å². The predicted molar refractivity (Wildman–Crippen MR) is 86.2 cm³/mol. The third-order valence-corrected chi connectivity index (χ3v) is 2.86. The molecule has 0 bridgehead atoms. The second-order valence-corrected chi connectivity index (χ2v) is 5.16. The fourth-order valence-corrected chi connectivity index (χ4v) is 1.89. The first-order valence-electron chi connectivity index (χ1n) is 7.88. The van der Waals surface area contributed by atoms with Gasteiger partial charge in [-0.3, -0.25) is 0 Å². The molecule has 4 nitrogen and oxygen atoms in total. The van der Waals surface area contributed by atoms with E-state index in [-0.39, 0.29) is 6.10 Å². The van der Waals surface area contributed by atoms with Crippen LogP contribution >= 0.6 is 0 Å². The Kier molecular flexibility index (Phi) is 8.87. The molecule has 0 heterocycles. The molecule has 1 rings (SSSR count). The highest BCUT2D eigenvalue weighted by Gasteiger charge is 2.07. The lowest BCUT2D eigenvalue weighted by atomic mass is 10.2. The van der Waals surface area contributed by atoms with Crippen LogP contribution in [0.5, 0.6) is 11.5 Å². The van der Waals surface area contributed by atoms with Crippen molar-refractivity contribution in [1.29, 1.82) is 0 Å². The molecule has 0 spiro atoms. The van der Waals surface area contributed by atoms with E-state index < -0.39 is 0 Å². The summed E-state index contributed by atoms with van der Waals surface area (Å²) in [6.45, 7) is 11.8. The third kappa shape index (κ3) is 7.34. The Morgan fingerprint density at radius 3 is 2.52 bits per heavy atom. The third-order valence-electron chi connectivity index (χ3n) is 2.86. The zero-order chi connectivity index (χ0) is 15.5. The first kappa shape index (κ1) is 17.8. The number of rotatable bonds is 11. The van der Waals surface area contributed by atoms with Gasteiger partial charge in [-0.05, 0) is 51.4 Å². The Hall–Kier alpha value is -1.26. The largest absolute Gasteiger partial charge is 0.490 e. The second-order valence-electron chi connectivity index (χ2n) is 5.16. The molecule has 0 amide bonds. The summed E-state index contributed by atoms with van der Waals surface area (Å²) in [5.41, 5.74) is 1.21. The van der Waals surface area contributed by atoms with Crippen LogP contribution in [0.4, 0.5) is 0 Å². The first-order chi connectivity index (χ1) is 10.2. The van der Waals surface area contributed by atoms with Crippen molar-refractivity contribution in [2.45, 2.75) is 46.8 Å². The van der Waals surface area contributed by atoms with Crippen LogP contribution in [0.3, 0.4) is 0 Å². The lowest BCUT2D eigenvalue weighted by molar-refractivity contribution is 0.0545. The minimum atomic E-state index is 0.229. The molecule has 4 heteroatoms. The zero-order valence-corrected chi connectivity index (χ0v) is 13.8. The Balaban J connectivity index is 2.56. The van der Waals surface area contributed by atoms with Crippen LogP contribution in [0, 0.1) is 0 Å². The van der Waals surface area contributed by atoms with E-state index in [1.165, 1.54) is 5.56 Å². The molecule has 1 aromatic carbocycles. The summed E-state index contributed by atoms with van der Waals surface area (Å²) in [5.74, 6) is 1.58. The Morgan fingerprint density at radius 1 is 1.05 bits per heavy atom. The van der Waals surface area contributed by atoms with Gasteiger partial charge in [-0.25, -0.2) is 0 Å². The van der Waals surface area contributed by atoms with E-state index >= 15 is 0 Å². The summed E-state index contributed by atoms with van der Waals surface area (Å²) >= 11 is 0. The van der Waals surface area contributed by atoms with E-state index in [2.05, 4.69) is 18.3 Å². The molecule has 0 saturated carbocycles. The maximum atomic E-state index is 5.75. The Labute approximate surface area is 128 Å². The van der Waals surface area contributed by atoms with Crippen molar-refractivity contribution >= 4 is 0 Å². The van der Waals surface area contributed by atoms with Gasteiger partial charge in [0, 0.05) is 6.54 Å². The molecule has 0 atom stereocenters. The van der Waals surface area contributed by atoms with E-state index in [9.17, 15) is 0 Å². The van der Waals surface area contributed by atoms with Gasteiger partial charge in [-0.2, -0.15) is 0 Å². The molecule has 0 radical (unpaired) electrons. The average molecular weight is 295 g/mol. The van der Waals surface area contributed by atoms with Gasteiger partial charge in [-0.1, -0.05) is 13.0 Å². The van der Waals surface area contributed by atoms with Gasteiger partial charge >= 0.3 is 0 Å². The highest BCUT2D eigenvalue weighted by Crippen LogP contribution is 2.28. The molecule has 0 aromatic heterocycles. The first-order valence-corrected chi connectivity index (χ1v) is 7.88. The van der Waals surface area contributed by atoms with Crippen molar-refractivity contribution < 1.29 is 14.2 Å². The second kappa shape index (κ2) is 10.5. The topological polar surface area (TPSA) is 39.7 Å². The van der Waals surface area contributed by atoms with Crippen LogP contribution in [0.15, 0.2) is 18.2 Å². The fraction of sp³-hybridized carbons (Fsp3) is 0.647. The van der Waals surface area contributed by atoms with Gasteiger partial charge in [0.15, 0.2) is 11.5 Å². The molecular weight excluding hydrogens is 266 g/mol. The normalized spacial score (nSPS) is 10.9. The number of benzene rings is 1. The summed E-state index contributed by atoms with van der Waals surface area (Å²) in [6.07, 6.45) is 1.36. The lowest BCUT2D eigenvalue weighted by Crippen LogP contribution is -2.14. The monoisotopic (exact) mass is 295 g/mol. The number of nitrogens with one attached hydrogen (secondary N) is 1. The summed E-state index contributed by atoms with van der Waals surface area (Å²) in [6, 6.07) is 6.10. The van der Waals surface area contributed by atoms with E-state index in [0.29, 0.717) is 19.8 Å². The number of hydrogen-bond acceptors (Lipinski definition) is 4. The highest BCUT2D eigenvalue weighted by atomic mass is 16.5. The van der Waals surface area contributed by atoms with Crippen LogP contribution in [-0.4, -0.2) is 32.5 Å². The van der Waals surface area contributed by atoms with Gasteiger partial charge in [-0.15, -0.1) is 0 Å². The van der Waals surface area contributed by atoms with Crippen molar-refractivity contribution in [3.63, 3.8) is 0 Å². The molecule has 0 fully saturated rings. The minimum absolute atomic E-state index is 0.229. The summed E-state index contributed by atoms with van der Waals surface area (Å²) < 4.78 is 16.9. The molecule has 0 aliphatic heterocycles. The molecule has 0 unspecified atom stereocenters. The molecule has 1 aromatic rings. The molecule has 0 aliphatic carbocycles. The van der Waals surface area contributed by atoms with E-state index in [1.54, 1.807) is 0 Å². The maximum Gasteiger partial charge on any atom is 0.161 e. The van der Waals surface area contributed by atoms with E-state index in [1.807, 2.05) is 32.9 Å². The smallest absolute Gasteiger partial charge is 0.161 e. The molecule has 0 saturated heterocycles. The summed E-state index contributed by atoms with van der Waals surface area (Å²) in [4.78, 5) is 0. The summed E-state index contributed by atoms with van der Waals surface area (Å²) in [7, 11) is 0. The number of hydrogen-bond donors (Lipinski definition) is 1. The molecule has 120 valence electrons. The molecule has 1 N–H and O–H groups in total. The average Bonchev–Trinajstić information content (AvgIpc) is 2.46. The lowest BCUT2D eigenvalue weighted by Gasteiger charge is -2.14. The fourth-order valence-electron chi connectivity index (χ4n) is 1.89. The molecule has 21 heavy (non-hydrogen) atoms. The highest BCUT2D eigenvalue weighted by molar-refractivity contribution is 5.43. The molecular formula is C17H29NO3. The Morgan fingerprint density at radius 2 is 1.86 bits per heavy atom. The van der Waals surface area contributed by atoms with E-state index in [0.717, 1.165) is 31.0 Å².